The molecule has 13 heavy (non-hydrogen) atoms. The van der Waals surface area contributed by atoms with E-state index in [0.29, 0.717) is 0 Å². The van der Waals surface area contributed by atoms with Gasteiger partial charge in [0.25, 0.3) is 0 Å². The quantitative estimate of drug-likeness (QED) is 0.543. The van der Waals surface area contributed by atoms with Crippen LogP contribution < -0.4 is 5.32 Å². The molecule has 1 aromatic carbocycles. The highest BCUT2D eigenvalue weighted by Crippen LogP contribution is 2.30. The van der Waals surface area contributed by atoms with Crippen LogP contribution in [0.1, 0.15) is 11.3 Å². The van der Waals surface area contributed by atoms with Crippen molar-refractivity contribution in [2.24, 2.45) is 0 Å². The van der Waals surface area contributed by atoms with Crippen molar-refractivity contribution in [3.05, 3.63) is 41.7 Å². The topological polar surface area (TPSA) is 40.7 Å². The molecule has 3 rings (SSSR count). The molecule has 2 heterocycles. The Kier molecular flexibility index (Phi) is 1.22. The van der Waals surface area contributed by atoms with Crippen molar-refractivity contribution < 1.29 is 0 Å². The van der Waals surface area contributed by atoms with E-state index in [2.05, 4.69) is 33.7 Å². The summed E-state index contributed by atoms with van der Waals surface area (Å²) >= 11 is 0. The van der Waals surface area contributed by atoms with Crippen molar-refractivity contribution in [2.45, 2.75) is 6.42 Å². The molecule has 0 amide bonds. The molecule has 3 nitrogen and oxygen atoms in total. The number of nitrogens with zero attached hydrogens (tertiary/aromatic N) is 1. The number of fused-ring (bicyclic) bond motifs is 2. The number of H-pyrrole nitrogens is 1. The minimum Gasteiger partial charge on any atom is -0.352 e. The van der Waals surface area contributed by atoms with Crippen molar-refractivity contribution in [1.82, 2.24) is 10.2 Å². The van der Waals surface area contributed by atoms with E-state index in [1.54, 1.807) is 0 Å². The Hall–Kier alpha value is -1.77. The molecule has 0 unspecified atom stereocenters. The fourth-order valence-electron chi connectivity index (χ4n) is 1.69. The van der Waals surface area contributed by atoms with Crippen molar-refractivity contribution in [3.63, 3.8) is 0 Å². The van der Waals surface area contributed by atoms with Crippen molar-refractivity contribution in [1.29, 1.82) is 0 Å². The first-order chi connectivity index (χ1) is 6.43. The van der Waals surface area contributed by atoms with Crippen LogP contribution in [0.4, 0.5) is 11.4 Å². The van der Waals surface area contributed by atoms with E-state index in [-0.39, 0.29) is 0 Å². The average Bonchev–Trinajstić information content (AvgIpc) is 2.61. The summed E-state index contributed by atoms with van der Waals surface area (Å²) in [4.78, 5) is 0. The van der Waals surface area contributed by atoms with E-state index in [9.17, 15) is 0 Å². The predicted octanol–water partition coefficient (Wildman–Crippen LogP) is 2.06. The minimum atomic E-state index is 0.943. The van der Waals surface area contributed by atoms with Crippen LogP contribution in [0, 0.1) is 0 Å². The third-order valence-corrected chi connectivity index (χ3v) is 2.37. The summed E-state index contributed by atoms with van der Waals surface area (Å²) in [5.74, 6) is 0. The van der Waals surface area contributed by atoms with Crippen LogP contribution in [0.25, 0.3) is 0 Å². The Bertz CT molecular complexity index is 405. The van der Waals surface area contributed by atoms with E-state index in [0.717, 1.165) is 12.1 Å². The summed E-state index contributed by atoms with van der Waals surface area (Å²) in [5.41, 5.74) is 4.77. The van der Waals surface area contributed by atoms with Gasteiger partial charge in [-0.1, -0.05) is 18.2 Å². The summed E-state index contributed by atoms with van der Waals surface area (Å²) < 4.78 is 0. The SMILES string of the molecule is c1ccc2c(c1)Cc1[nH]ncc1N2. The van der Waals surface area contributed by atoms with Gasteiger partial charge < -0.3 is 5.32 Å². The number of aromatic nitrogens is 2. The van der Waals surface area contributed by atoms with Crippen LogP contribution >= 0.6 is 0 Å². The summed E-state index contributed by atoms with van der Waals surface area (Å²) in [6, 6.07) is 8.32. The molecule has 0 spiro atoms. The van der Waals surface area contributed by atoms with Gasteiger partial charge in [-0.15, -0.1) is 0 Å². The lowest BCUT2D eigenvalue weighted by Gasteiger charge is -2.16. The zero-order chi connectivity index (χ0) is 8.67. The number of nitrogens with one attached hydrogen (secondary N) is 2. The Morgan fingerprint density at radius 3 is 3.08 bits per heavy atom. The average molecular weight is 171 g/mol. The van der Waals surface area contributed by atoms with Crippen molar-refractivity contribution in [2.75, 3.05) is 5.32 Å². The van der Waals surface area contributed by atoms with E-state index in [1.165, 1.54) is 16.9 Å². The van der Waals surface area contributed by atoms with Gasteiger partial charge in [0.1, 0.15) is 0 Å². The highest BCUT2D eigenvalue weighted by atomic mass is 15.1. The maximum absolute atomic E-state index is 4.00. The lowest BCUT2D eigenvalue weighted by molar-refractivity contribution is 0.992. The fraction of sp³-hybridized carbons (Fsp3) is 0.100. The number of benzene rings is 1. The van der Waals surface area contributed by atoms with Gasteiger partial charge in [0.15, 0.2) is 0 Å². The lowest BCUT2D eigenvalue weighted by Crippen LogP contribution is -2.04. The molecule has 0 fully saturated rings. The molecule has 0 aliphatic carbocycles. The maximum Gasteiger partial charge on any atom is 0.0804 e. The molecule has 64 valence electrons. The minimum absolute atomic E-state index is 0.943. The number of rotatable bonds is 0. The van der Waals surface area contributed by atoms with Gasteiger partial charge in [-0.25, -0.2) is 0 Å². The zero-order valence-corrected chi connectivity index (χ0v) is 7.04. The third-order valence-electron chi connectivity index (χ3n) is 2.37. The van der Waals surface area contributed by atoms with Crippen LogP contribution in [0.5, 0.6) is 0 Å². The number of aromatic amines is 1. The molecule has 0 atom stereocenters. The molecule has 2 aromatic rings. The van der Waals surface area contributed by atoms with Gasteiger partial charge in [-0.2, -0.15) is 5.10 Å². The smallest absolute Gasteiger partial charge is 0.0804 e. The molecular weight excluding hydrogens is 162 g/mol. The molecule has 0 saturated carbocycles. The first kappa shape index (κ1) is 6.71. The molecular formula is C10H9N3. The molecule has 3 heteroatoms. The van der Waals surface area contributed by atoms with E-state index in [1.807, 2.05) is 12.3 Å². The molecule has 2 N–H and O–H groups in total. The maximum atomic E-state index is 4.00. The summed E-state index contributed by atoms with van der Waals surface area (Å²) in [6.45, 7) is 0. The fourth-order valence-corrected chi connectivity index (χ4v) is 1.69. The third kappa shape index (κ3) is 0.935. The Morgan fingerprint density at radius 1 is 1.15 bits per heavy atom. The first-order valence-electron chi connectivity index (χ1n) is 4.30. The van der Waals surface area contributed by atoms with Gasteiger partial charge in [0.2, 0.25) is 0 Å². The first-order valence-corrected chi connectivity index (χ1v) is 4.30. The van der Waals surface area contributed by atoms with Gasteiger partial charge in [0.05, 0.1) is 17.6 Å². The predicted molar refractivity (Wildman–Crippen MR) is 51.1 cm³/mol. The van der Waals surface area contributed by atoms with Gasteiger partial charge in [-0.05, 0) is 11.6 Å². The van der Waals surface area contributed by atoms with Gasteiger partial charge >= 0.3 is 0 Å². The summed E-state index contributed by atoms with van der Waals surface area (Å²) in [7, 11) is 0. The van der Waals surface area contributed by atoms with Crippen LogP contribution in [0.3, 0.4) is 0 Å². The van der Waals surface area contributed by atoms with Crippen LogP contribution in [-0.4, -0.2) is 10.2 Å². The van der Waals surface area contributed by atoms with E-state index < -0.39 is 0 Å². The van der Waals surface area contributed by atoms with E-state index in [4.69, 9.17) is 0 Å². The second-order valence-corrected chi connectivity index (χ2v) is 3.22. The lowest BCUT2D eigenvalue weighted by atomic mass is 10.0. The Morgan fingerprint density at radius 2 is 2.08 bits per heavy atom. The number of para-hydroxylation sites is 1. The second kappa shape index (κ2) is 2.36. The highest BCUT2D eigenvalue weighted by Gasteiger charge is 2.14. The molecule has 1 aliphatic heterocycles. The number of hydrogen-bond donors (Lipinski definition) is 2. The standard InChI is InChI=1S/C10H9N3/c1-2-4-8-7(3-1)5-9-10(12-8)6-11-13-9/h1-4,6,12H,5H2,(H,11,13). The monoisotopic (exact) mass is 171 g/mol. The molecule has 0 saturated heterocycles. The van der Waals surface area contributed by atoms with Crippen molar-refractivity contribution >= 4 is 11.4 Å². The second-order valence-electron chi connectivity index (χ2n) is 3.22. The zero-order valence-electron chi connectivity index (χ0n) is 7.04. The van der Waals surface area contributed by atoms with Gasteiger partial charge in [-0.3, -0.25) is 5.10 Å². The summed E-state index contributed by atoms with van der Waals surface area (Å²) in [6.07, 6.45) is 2.77. The van der Waals surface area contributed by atoms with Crippen LogP contribution in [-0.2, 0) is 6.42 Å². The molecule has 1 aromatic heterocycles. The molecule has 0 bridgehead atoms. The van der Waals surface area contributed by atoms with Crippen molar-refractivity contribution in [3.8, 4) is 0 Å². The van der Waals surface area contributed by atoms with Gasteiger partial charge in [0, 0.05) is 12.1 Å². The Balaban J connectivity index is 2.14. The van der Waals surface area contributed by atoms with Crippen LogP contribution in [0.15, 0.2) is 30.5 Å². The number of hydrogen-bond acceptors (Lipinski definition) is 2. The molecule has 0 radical (unpaired) electrons. The summed E-state index contributed by atoms with van der Waals surface area (Å²) in [5, 5.41) is 10.3. The van der Waals surface area contributed by atoms with Crippen LogP contribution in [0.2, 0.25) is 0 Å². The normalized spacial score (nSPS) is 12.9. The molecule has 1 aliphatic rings. The number of anilines is 2. The highest BCUT2D eigenvalue weighted by molar-refractivity contribution is 5.69. The van der Waals surface area contributed by atoms with E-state index >= 15 is 0 Å². The largest absolute Gasteiger partial charge is 0.352 e. The Labute approximate surface area is 75.8 Å².